The molecule has 0 spiro atoms. The zero-order valence-corrected chi connectivity index (χ0v) is 9.98. The highest BCUT2D eigenvalue weighted by atomic mass is 14.9. The minimum absolute atomic E-state index is 0.803. The van der Waals surface area contributed by atoms with Crippen molar-refractivity contribution >= 4 is 11.4 Å². The van der Waals surface area contributed by atoms with Crippen molar-refractivity contribution in [1.29, 1.82) is 0 Å². The molecule has 17 heavy (non-hydrogen) atoms. The molecule has 3 nitrogen and oxygen atoms in total. The molecule has 0 amide bonds. The van der Waals surface area contributed by atoms with Gasteiger partial charge in [0.25, 0.3) is 0 Å². The second-order valence-corrected chi connectivity index (χ2v) is 4.07. The fourth-order valence-corrected chi connectivity index (χ4v) is 1.76. The molecule has 2 aromatic rings. The minimum Gasteiger partial charge on any atom is -0.399 e. The molecule has 0 saturated heterocycles. The number of aromatic nitrogens is 1. The number of hydrogen-bond donors (Lipinski definition) is 2. The number of rotatable bonds is 4. The quantitative estimate of drug-likeness (QED) is 0.789. The van der Waals surface area contributed by atoms with Crippen molar-refractivity contribution in [1.82, 2.24) is 4.98 Å². The van der Waals surface area contributed by atoms with Gasteiger partial charge in [-0.1, -0.05) is 6.07 Å². The summed E-state index contributed by atoms with van der Waals surface area (Å²) in [7, 11) is 0. The van der Waals surface area contributed by atoms with Crippen molar-refractivity contribution in [3.63, 3.8) is 0 Å². The van der Waals surface area contributed by atoms with Crippen LogP contribution in [0.1, 0.15) is 11.3 Å². The maximum Gasteiger partial charge on any atom is 0.0421 e. The number of anilines is 2. The van der Waals surface area contributed by atoms with E-state index < -0.39 is 0 Å². The summed E-state index contributed by atoms with van der Waals surface area (Å²) in [6.07, 6.45) is 2.74. The lowest BCUT2D eigenvalue weighted by Crippen LogP contribution is -2.07. The Morgan fingerprint density at radius 1 is 1.24 bits per heavy atom. The molecule has 1 heterocycles. The number of benzene rings is 1. The van der Waals surface area contributed by atoms with Crippen LogP contribution < -0.4 is 11.1 Å². The van der Waals surface area contributed by atoms with Crippen LogP contribution in [0.4, 0.5) is 11.4 Å². The van der Waals surface area contributed by atoms with Gasteiger partial charge in [-0.3, -0.25) is 4.98 Å². The van der Waals surface area contributed by atoms with E-state index in [9.17, 15) is 0 Å². The highest BCUT2D eigenvalue weighted by Gasteiger charge is 1.98. The number of nitrogens with two attached hydrogens (primary N) is 1. The van der Waals surface area contributed by atoms with Crippen LogP contribution in [0.3, 0.4) is 0 Å². The Balaban J connectivity index is 1.90. The first-order chi connectivity index (χ1) is 8.25. The number of hydrogen-bond acceptors (Lipinski definition) is 3. The SMILES string of the molecule is Cc1cc(N)ccc1NCCc1ccccn1. The summed E-state index contributed by atoms with van der Waals surface area (Å²) in [5, 5.41) is 3.39. The standard InChI is InChI=1S/C14H17N3/c1-11-10-12(15)5-6-14(11)17-9-7-13-4-2-3-8-16-13/h2-6,8,10,17H,7,9,15H2,1H3. The molecule has 0 aliphatic heterocycles. The Morgan fingerprint density at radius 3 is 2.82 bits per heavy atom. The second kappa shape index (κ2) is 5.34. The molecule has 0 unspecified atom stereocenters. The lowest BCUT2D eigenvalue weighted by atomic mass is 10.1. The van der Waals surface area contributed by atoms with E-state index in [0.717, 1.165) is 30.0 Å². The molecule has 88 valence electrons. The van der Waals surface area contributed by atoms with Crippen molar-refractivity contribution in [2.45, 2.75) is 13.3 Å². The summed E-state index contributed by atoms with van der Waals surface area (Å²) in [6.45, 7) is 2.93. The van der Waals surface area contributed by atoms with E-state index in [1.807, 2.05) is 42.6 Å². The van der Waals surface area contributed by atoms with Gasteiger partial charge in [-0.05, 0) is 42.8 Å². The molecule has 0 aliphatic carbocycles. The molecule has 2 rings (SSSR count). The van der Waals surface area contributed by atoms with Gasteiger partial charge in [0.05, 0.1) is 0 Å². The molecular formula is C14H17N3. The first-order valence-electron chi connectivity index (χ1n) is 5.75. The number of nitrogens with zero attached hydrogens (tertiary/aromatic N) is 1. The van der Waals surface area contributed by atoms with Gasteiger partial charge in [0.2, 0.25) is 0 Å². The summed E-state index contributed by atoms with van der Waals surface area (Å²) in [5.74, 6) is 0. The summed E-state index contributed by atoms with van der Waals surface area (Å²) in [5.41, 5.74) is 9.92. The lowest BCUT2D eigenvalue weighted by molar-refractivity contribution is 0.960. The van der Waals surface area contributed by atoms with Crippen molar-refractivity contribution in [3.05, 3.63) is 53.9 Å². The van der Waals surface area contributed by atoms with Gasteiger partial charge in [0.15, 0.2) is 0 Å². The van der Waals surface area contributed by atoms with Crippen LogP contribution in [0.25, 0.3) is 0 Å². The van der Waals surface area contributed by atoms with E-state index in [1.54, 1.807) is 0 Å². The number of nitrogen functional groups attached to an aromatic ring is 1. The number of nitrogens with one attached hydrogen (secondary N) is 1. The van der Waals surface area contributed by atoms with Crippen LogP contribution in [0.5, 0.6) is 0 Å². The Bertz CT molecular complexity index is 480. The highest BCUT2D eigenvalue weighted by molar-refractivity contribution is 5.57. The van der Waals surface area contributed by atoms with Gasteiger partial charge in [0, 0.05) is 36.2 Å². The zero-order valence-electron chi connectivity index (χ0n) is 9.98. The second-order valence-electron chi connectivity index (χ2n) is 4.07. The monoisotopic (exact) mass is 227 g/mol. The topological polar surface area (TPSA) is 50.9 Å². The van der Waals surface area contributed by atoms with E-state index in [1.165, 1.54) is 5.56 Å². The number of pyridine rings is 1. The Kier molecular flexibility index (Phi) is 3.60. The summed E-state index contributed by atoms with van der Waals surface area (Å²) < 4.78 is 0. The first kappa shape index (κ1) is 11.5. The van der Waals surface area contributed by atoms with Crippen LogP contribution in [0.15, 0.2) is 42.6 Å². The van der Waals surface area contributed by atoms with Crippen LogP contribution in [-0.2, 0) is 6.42 Å². The fourth-order valence-electron chi connectivity index (χ4n) is 1.76. The van der Waals surface area contributed by atoms with Crippen LogP contribution >= 0.6 is 0 Å². The van der Waals surface area contributed by atoms with Gasteiger partial charge in [-0.15, -0.1) is 0 Å². The van der Waals surface area contributed by atoms with E-state index >= 15 is 0 Å². The molecule has 3 heteroatoms. The molecule has 0 saturated carbocycles. The van der Waals surface area contributed by atoms with E-state index in [4.69, 9.17) is 5.73 Å². The maximum absolute atomic E-state index is 5.71. The predicted molar refractivity (Wildman–Crippen MR) is 72.0 cm³/mol. The Labute approximate surface area is 102 Å². The minimum atomic E-state index is 0.803. The van der Waals surface area contributed by atoms with E-state index in [2.05, 4.69) is 17.2 Å². The molecule has 0 fully saturated rings. The average Bonchev–Trinajstić information content (AvgIpc) is 2.33. The third-order valence-corrected chi connectivity index (χ3v) is 2.67. The van der Waals surface area contributed by atoms with Crippen molar-refractivity contribution in [2.75, 3.05) is 17.6 Å². The first-order valence-corrected chi connectivity index (χ1v) is 5.75. The molecule has 1 aromatic heterocycles. The van der Waals surface area contributed by atoms with Crippen LogP contribution in [-0.4, -0.2) is 11.5 Å². The molecule has 0 aliphatic rings. The molecular weight excluding hydrogens is 210 g/mol. The summed E-state index contributed by atoms with van der Waals surface area (Å²) >= 11 is 0. The average molecular weight is 227 g/mol. The van der Waals surface area contributed by atoms with Crippen molar-refractivity contribution in [2.24, 2.45) is 0 Å². The summed E-state index contributed by atoms with van der Waals surface area (Å²) in [6, 6.07) is 11.9. The smallest absolute Gasteiger partial charge is 0.0421 e. The highest BCUT2D eigenvalue weighted by Crippen LogP contribution is 2.17. The van der Waals surface area contributed by atoms with Gasteiger partial charge in [-0.25, -0.2) is 0 Å². The van der Waals surface area contributed by atoms with E-state index in [-0.39, 0.29) is 0 Å². The Hall–Kier alpha value is -2.03. The molecule has 0 radical (unpaired) electrons. The molecule has 0 atom stereocenters. The fraction of sp³-hybridized carbons (Fsp3) is 0.214. The zero-order chi connectivity index (χ0) is 12.1. The van der Waals surface area contributed by atoms with Gasteiger partial charge in [-0.2, -0.15) is 0 Å². The summed E-state index contributed by atoms with van der Waals surface area (Å²) in [4.78, 5) is 4.29. The number of aryl methyl sites for hydroxylation is 1. The molecule has 1 aromatic carbocycles. The van der Waals surface area contributed by atoms with Crippen molar-refractivity contribution < 1.29 is 0 Å². The van der Waals surface area contributed by atoms with Crippen LogP contribution in [0.2, 0.25) is 0 Å². The van der Waals surface area contributed by atoms with E-state index in [0.29, 0.717) is 0 Å². The van der Waals surface area contributed by atoms with Crippen LogP contribution in [0, 0.1) is 6.92 Å². The third-order valence-electron chi connectivity index (χ3n) is 2.67. The third kappa shape index (κ3) is 3.21. The lowest BCUT2D eigenvalue weighted by Gasteiger charge is -2.09. The largest absolute Gasteiger partial charge is 0.399 e. The van der Waals surface area contributed by atoms with Gasteiger partial charge >= 0.3 is 0 Å². The van der Waals surface area contributed by atoms with Crippen molar-refractivity contribution in [3.8, 4) is 0 Å². The molecule has 0 bridgehead atoms. The Morgan fingerprint density at radius 2 is 2.12 bits per heavy atom. The predicted octanol–water partition coefficient (Wildman–Crippen LogP) is 2.63. The van der Waals surface area contributed by atoms with Gasteiger partial charge in [0.1, 0.15) is 0 Å². The maximum atomic E-state index is 5.71. The van der Waals surface area contributed by atoms with Gasteiger partial charge < -0.3 is 11.1 Å². The normalized spacial score (nSPS) is 10.2. The molecule has 3 N–H and O–H groups in total.